The van der Waals surface area contributed by atoms with E-state index in [1.807, 2.05) is 51.1 Å². The molecule has 2 amide bonds. The average Bonchev–Trinajstić information content (AvgIpc) is 3.39. The lowest BCUT2D eigenvalue weighted by molar-refractivity contribution is -0.127. The van der Waals surface area contributed by atoms with Crippen LogP contribution in [-0.4, -0.2) is 59.6 Å². The van der Waals surface area contributed by atoms with E-state index in [1.165, 1.54) is 0 Å². The summed E-state index contributed by atoms with van der Waals surface area (Å²) >= 11 is 0. The molecule has 0 aromatic heterocycles. The molecule has 1 heterocycles. The van der Waals surface area contributed by atoms with Gasteiger partial charge in [0.1, 0.15) is 11.6 Å². The molecule has 1 aromatic rings. The van der Waals surface area contributed by atoms with Gasteiger partial charge in [-0.1, -0.05) is 30.3 Å². The van der Waals surface area contributed by atoms with Gasteiger partial charge in [0, 0.05) is 32.2 Å². The van der Waals surface area contributed by atoms with Crippen molar-refractivity contribution in [3.63, 3.8) is 0 Å². The fourth-order valence-electron chi connectivity index (χ4n) is 3.16. The van der Waals surface area contributed by atoms with Gasteiger partial charge in [-0.2, -0.15) is 0 Å². The zero-order valence-corrected chi connectivity index (χ0v) is 15.9. The fraction of sp³-hybridized carbons (Fsp3) is 0.600. The lowest BCUT2D eigenvalue weighted by Crippen LogP contribution is -2.53. The Balaban J connectivity index is 1.65. The molecule has 1 aromatic carbocycles. The molecule has 3 rings (SSSR count). The van der Waals surface area contributed by atoms with Crippen LogP contribution in [0, 0.1) is 0 Å². The summed E-state index contributed by atoms with van der Waals surface area (Å²) in [7, 11) is 0. The van der Waals surface area contributed by atoms with Crippen molar-refractivity contribution in [1.82, 2.24) is 15.1 Å². The van der Waals surface area contributed by atoms with Gasteiger partial charge in [-0.15, -0.1) is 0 Å². The number of carbonyl (C=O) groups is 2. The number of ether oxygens (including phenoxy) is 1. The highest BCUT2D eigenvalue weighted by Crippen LogP contribution is 2.26. The average molecular weight is 359 g/mol. The molecule has 0 radical (unpaired) electrons. The summed E-state index contributed by atoms with van der Waals surface area (Å²) in [6.45, 7) is 8.04. The molecule has 26 heavy (non-hydrogen) atoms. The van der Waals surface area contributed by atoms with Crippen LogP contribution >= 0.6 is 0 Å². The van der Waals surface area contributed by atoms with Gasteiger partial charge in [-0.3, -0.25) is 9.69 Å². The van der Waals surface area contributed by atoms with Crippen molar-refractivity contribution in [3.8, 4) is 0 Å². The van der Waals surface area contributed by atoms with Crippen LogP contribution in [0.3, 0.4) is 0 Å². The van der Waals surface area contributed by atoms with Gasteiger partial charge >= 0.3 is 6.09 Å². The van der Waals surface area contributed by atoms with Gasteiger partial charge in [0.05, 0.1) is 0 Å². The van der Waals surface area contributed by atoms with Crippen molar-refractivity contribution in [2.75, 3.05) is 26.2 Å². The number of piperazine rings is 1. The van der Waals surface area contributed by atoms with Crippen LogP contribution in [0.25, 0.3) is 0 Å². The van der Waals surface area contributed by atoms with Crippen LogP contribution in [0.2, 0.25) is 0 Å². The lowest BCUT2D eigenvalue weighted by Gasteiger charge is -2.39. The topological polar surface area (TPSA) is 61.9 Å². The molecule has 1 N–H and O–H groups in total. The first-order chi connectivity index (χ1) is 12.3. The van der Waals surface area contributed by atoms with Crippen molar-refractivity contribution in [1.29, 1.82) is 0 Å². The van der Waals surface area contributed by atoms with Crippen LogP contribution in [0.4, 0.5) is 4.79 Å². The lowest BCUT2D eigenvalue weighted by atomic mass is 10.0. The highest BCUT2D eigenvalue weighted by Gasteiger charge is 2.35. The predicted molar refractivity (Wildman–Crippen MR) is 99.7 cm³/mol. The Kier molecular flexibility index (Phi) is 5.51. The smallest absolute Gasteiger partial charge is 0.410 e. The summed E-state index contributed by atoms with van der Waals surface area (Å²) in [5, 5.41) is 3.13. The first-order valence-corrected chi connectivity index (χ1v) is 9.41. The molecule has 6 nitrogen and oxygen atoms in total. The van der Waals surface area contributed by atoms with Crippen molar-refractivity contribution in [2.24, 2.45) is 0 Å². The Morgan fingerprint density at radius 3 is 2.23 bits per heavy atom. The van der Waals surface area contributed by atoms with E-state index in [9.17, 15) is 9.59 Å². The highest BCUT2D eigenvalue weighted by molar-refractivity contribution is 5.83. The number of rotatable bonds is 4. The van der Waals surface area contributed by atoms with Crippen LogP contribution in [0.1, 0.15) is 45.2 Å². The quantitative estimate of drug-likeness (QED) is 0.897. The maximum Gasteiger partial charge on any atom is 0.410 e. The third-order valence-electron chi connectivity index (χ3n) is 4.62. The first kappa shape index (κ1) is 18.7. The molecule has 6 heteroatoms. The number of hydrogen-bond acceptors (Lipinski definition) is 4. The Labute approximate surface area is 155 Å². The molecule has 2 aliphatic rings. The second-order valence-electron chi connectivity index (χ2n) is 8.10. The molecular formula is C20H29N3O3. The first-order valence-electron chi connectivity index (χ1n) is 9.41. The van der Waals surface area contributed by atoms with Crippen molar-refractivity contribution in [2.45, 2.75) is 51.3 Å². The van der Waals surface area contributed by atoms with Gasteiger partial charge < -0.3 is 15.0 Å². The summed E-state index contributed by atoms with van der Waals surface area (Å²) in [6.07, 6.45) is 1.86. The Morgan fingerprint density at radius 1 is 1.08 bits per heavy atom. The monoisotopic (exact) mass is 359 g/mol. The maximum atomic E-state index is 12.8. The minimum Gasteiger partial charge on any atom is -0.444 e. The van der Waals surface area contributed by atoms with E-state index >= 15 is 0 Å². The molecule has 1 saturated carbocycles. The zero-order chi connectivity index (χ0) is 18.7. The zero-order valence-electron chi connectivity index (χ0n) is 15.9. The third-order valence-corrected chi connectivity index (χ3v) is 4.62. The Bertz CT molecular complexity index is 629. The molecule has 1 atom stereocenters. The second-order valence-corrected chi connectivity index (χ2v) is 8.10. The van der Waals surface area contributed by atoms with E-state index < -0.39 is 5.60 Å². The summed E-state index contributed by atoms with van der Waals surface area (Å²) in [4.78, 5) is 29.0. The fourth-order valence-corrected chi connectivity index (χ4v) is 3.16. The van der Waals surface area contributed by atoms with Crippen LogP contribution in [0.15, 0.2) is 30.3 Å². The number of carbonyl (C=O) groups excluding carboxylic acids is 2. The predicted octanol–water partition coefficient (Wildman–Crippen LogP) is 2.56. The van der Waals surface area contributed by atoms with Crippen LogP contribution in [-0.2, 0) is 9.53 Å². The molecule has 1 saturated heterocycles. The van der Waals surface area contributed by atoms with E-state index in [1.54, 1.807) is 4.90 Å². The van der Waals surface area contributed by atoms with Gasteiger partial charge in [-0.05, 0) is 39.2 Å². The van der Waals surface area contributed by atoms with Gasteiger partial charge in [0.2, 0.25) is 5.91 Å². The number of nitrogens with zero attached hydrogens (tertiary/aromatic N) is 2. The molecule has 1 unspecified atom stereocenters. The number of hydrogen-bond donors (Lipinski definition) is 1. The van der Waals surface area contributed by atoms with E-state index in [-0.39, 0.29) is 18.0 Å². The summed E-state index contributed by atoms with van der Waals surface area (Å²) in [5.74, 6) is 0.0596. The number of benzene rings is 1. The number of amides is 2. The van der Waals surface area contributed by atoms with Crippen LogP contribution in [0.5, 0.6) is 0 Å². The minimum absolute atomic E-state index is 0.0596. The molecule has 2 fully saturated rings. The van der Waals surface area contributed by atoms with Crippen LogP contribution < -0.4 is 5.32 Å². The van der Waals surface area contributed by atoms with Crippen molar-refractivity contribution >= 4 is 12.0 Å². The molecule has 1 aliphatic carbocycles. The van der Waals surface area contributed by atoms with E-state index in [4.69, 9.17) is 4.74 Å². The van der Waals surface area contributed by atoms with E-state index in [2.05, 4.69) is 10.2 Å². The summed E-state index contributed by atoms with van der Waals surface area (Å²) in [6, 6.07) is 9.90. The minimum atomic E-state index is -0.495. The molecule has 0 spiro atoms. The van der Waals surface area contributed by atoms with Crippen molar-refractivity contribution in [3.05, 3.63) is 35.9 Å². The van der Waals surface area contributed by atoms with Gasteiger partial charge in [0.25, 0.3) is 0 Å². The van der Waals surface area contributed by atoms with Gasteiger partial charge in [-0.25, -0.2) is 4.79 Å². The molecule has 1 aliphatic heterocycles. The second kappa shape index (κ2) is 7.66. The molecule has 142 valence electrons. The molecule has 0 bridgehead atoms. The van der Waals surface area contributed by atoms with E-state index in [0.717, 1.165) is 18.4 Å². The summed E-state index contributed by atoms with van der Waals surface area (Å²) < 4.78 is 5.46. The van der Waals surface area contributed by atoms with E-state index in [0.29, 0.717) is 32.2 Å². The van der Waals surface area contributed by atoms with Gasteiger partial charge in [0.15, 0.2) is 0 Å². The molecular weight excluding hydrogens is 330 g/mol. The Morgan fingerprint density at radius 2 is 1.69 bits per heavy atom. The standard InChI is InChI=1S/C20H29N3O3/c1-20(2,3)26-19(25)23-13-11-22(12-14-23)17(15-7-5-4-6-8-15)18(24)21-16-9-10-16/h4-8,16-17H,9-14H2,1-3H3,(H,21,24). The van der Waals surface area contributed by atoms with Crippen molar-refractivity contribution < 1.29 is 14.3 Å². The number of nitrogens with one attached hydrogen (secondary N) is 1. The SMILES string of the molecule is CC(C)(C)OC(=O)N1CCN(C(C(=O)NC2CC2)c2ccccc2)CC1. The highest BCUT2D eigenvalue weighted by atomic mass is 16.6. The maximum absolute atomic E-state index is 12.8. The largest absolute Gasteiger partial charge is 0.444 e. The third kappa shape index (κ3) is 4.97. The summed E-state index contributed by atoms with van der Waals surface area (Å²) in [5.41, 5.74) is 0.502. The normalized spacial score (nSPS) is 19.7. The Hall–Kier alpha value is -2.08.